The number of carbonyl (C=O) groups is 2. The molecule has 3 heterocycles. The first-order valence-electron chi connectivity index (χ1n) is 12.0. The van der Waals surface area contributed by atoms with Crippen molar-refractivity contribution in [1.82, 2.24) is 25.0 Å². The molecule has 8 nitrogen and oxygen atoms in total. The molecule has 0 atom stereocenters. The third-order valence-electron chi connectivity index (χ3n) is 6.65. The Morgan fingerprint density at radius 3 is 2.49 bits per heavy atom. The smallest absolute Gasteiger partial charge is 0.254 e. The number of carbonyl (C=O) groups excluding carboxylic acids is 2. The van der Waals surface area contributed by atoms with Gasteiger partial charge in [-0.2, -0.15) is 5.10 Å². The molecule has 182 valence electrons. The Balaban J connectivity index is 1.33. The number of rotatable bonds is 6. The van der Waals surface area contributed by atoms with E-state index in [9.17, 15) is 14.0 Å². The highest BCUT2D eigenvalue weighted by molar-refractivity contribution is 5.95. The summed E-state index contributed by atoms with van der Waals surface area (Å²) in [4.78, 5) is 30.3. The van der Waals surface area contributed by atoms with Crippen LogP contribution in [-0.2, 0) is 4.79 Å². The molecule has 0 spiro atoms. The Morgan fingerprint density at radius 1 is 1.00 bits per heavy atom. The number of likely N-dealkylation sites (tertiary alicyclic amines) is 1. The summed E-state index contributed by atoms with van der Waals surface area (Å²) in [6, 6.07) is 5.40. The van der Waals surface area contributed by atoms with Crippen LogP contribution in [0.15, 0.2) is 43.0 Å². The summed E-state index contributed by atoms with van der Waals surface area (Å²) >= 11 is 0. The molecular formula is C26H29FN6O2. The molecule has 35 heavy (non-hydrogen) atoms. The van der Waals surface area contributed by atoms with E-state index in [2.05, 4.69) is 20.7 Å². The van der Waals surface area contributed by atoms with Gasteiger partial charge in [-0.1, -0.05) is 0 Å². The number of benzene rings is 1. The van der Waals surface area contributed by atoms with Gasteiger partial charge in [0.15, 0.2) is 0 Å². The van der Waals surface area contributed by atoms with Crippen molar-refractivity contribution in [3.63, 3.8) is 0 Å². The molecule has 5 rings (SSSR count). The van der Waals surface area contributed by atoms with Crippen LogP contribution in [0.3, 0.4) is 0 Å². The molecule has 1 aliphatic heterocycles. The van der Waals surface area contributed by atoms with E-state index in [1.165, 1.54) is 6.07 Å². The van der Waals surface area contributed by atoms with Gasteiger partial charge in [-0.15, -0.1) is 0 Å². The lowest BCUT2D eigenvalue weighted by molar-refractivity contribution is -0.129. The second-order valence-electron chi connectivity index (χ2n) is 9.43. The zero-order chi connectivity index (χ0) is 24.5. The van der Waals surface area contributed by atoms with Gasteiger partial charge >= 0.3 is 0 Å². The number of pyridine rings is 1. The lowest BCUT2D eigenvalue weighted by Gasteiger charge is -2.32. The number of hydrogen-bond donors (Lipinski definition) is 2. The van der Waals surface area contributed by atoms with Crippen molar-refractivity contribution in [3.05, 3.63) is 59.9 Å². The van der Waals surface area contributed by atoms with Gasteiger partial charge in [0.25, 0.3) is 5.91 Å². The Labute approximate surface area is 203 Å². The standard InChI is InChI=1S/C26H29FN6O2/c1-16-9-24(27)23(26(35)31-20-3-4-20)11-25(16)33-15-19(13-29-33)18-10-22(14-28-12-18)30-21-5-7-32(8-6-21)17(2)34/h9-15,20-21,30H,3-8H2,1-2H3,(H,31,35). The number of aryl methyl sites for hydroxylation is 1. The van der Waals surface area contributed by atoms with E-state index in [1.54, 1.807) is 43.2 Å². The molecule has 0 radical (unpaired) electrons. The van der Waals surface area contributed by atoms with Gasteiger partial charge < -0.3 is 15.5 Å². The second-order valence-corrected chi connectivity index (χ2v) is 9.43. The molecule has 3 aromatic rings. The van der Waals surface area contributed by atoms with Gasteiger partial charge in [0, 0.05) is 61.8 Å². The van der Waals surface area contributed by atoms with E-state index >= 15 is 0 Å². The van der Waals surface area contributed by atoms with Gasteiger partial charge in [0.05, 0.1) is 23.1 Å². The summed E-state index contributed by atoms with van der Waals surface area (Å²) in [5.74, 6) is -0.805. The fourth-order valence-corrected chi connectivity index (χ4v) is 4.43. The summed E-state index contributed by atoms with van der Waals surface area (Å²) in [6.07, 6.45) is 10.8. The number of nitrogens with one attached hydrogen (secondary N) is 2. The summed E-state index contributed by atoms with van der Waals surface area (Å²) in [5, 5.41) is 10.8. The summed E-state index contributed by atoms with van der Waals surface area (Å²) in [6.45, 7) is 4.92. The lowest BCUT2D eigenvalue weighted by Crippen LogP contribution is -2.41. The third kappa shape index (κ3) is 5.18. The SMILES string of the molecule is CC(=O)N1CCC(Nc2cncc(-c3cnn(-c4cc(C(=O)NC5CC5)c(F)cc4C)c3)c2)CC1. The first-order chi connectivity index (χ1) is 16.9. The Morgan fingerprint density at radius 2 is 1.77 bits per heavy atom. The highest BCUT2D eigenvalue weighted by Gasteiger charge is 2.26. The maximum Gasteiger partial charge on any atom is 0.254 e. The van der Waals surface area contributed by atoms with Gasteiger partial charge in [-0.25, -0.2) is 9.07 Å². The molecule has 2 N–H and O–H groups in total. The number of hydrogen-bond acceptors (Lipinski definition) is 5. The van der Waals surface area contributed by atoms with Gasteiger partial charge in [-0.3, -0.25) is 14.6 Å². The van der Waals surface area contributed by atoms with E-state index in [0.717, 1.165) is 55.6 Å². The van der Waals surface area contributed by atoms with Crippen molar-refractivity contribution < 1.29 is 14.0 Å². The van der Waals surface area contributed by atoms with Gasteiger partial charge in [0.2, 0.25) is 5.91 Å². The van der Waals surface area contributed by atoms with E-state index in [1.807, 2.05) is 17.2 Å². The predicted molar refractivity (Wildman–Crippen MR) is 131 cm³/mol. The number of amides is 2. The van der Waals surface area contributed by atoms with Gasteiger partial charge in [0.1, 0.15) is 5.82 Å². The van der Waals surface area contributed by atoms with Crippen LogP contribution in [0, 0.1) is 12.7 Å². The van der Waals surface area contributed by atoms with Crippen molar-refractivity contribution in [1.29, 1.82) is 0 Å². The number of anilines is 1. The van der Waals surface area contributed by atoms with Crippen LogP contribution in [-0.4, -0.2) is 56.7 Å². The van der Waals surface area contributed by atoms with Crippen LogP contribution in [0.5, 0.6) is 0 Å². The van der Waals surface area contributed by atoms with Crippen LogP contribution >= 0.6 is 0 Å². The molecule has 2 fully saturated rings. The van der Waals surface area contributed by atoms with Crippen LogP contribution < -0.4 is 10.6 Å². The maximum absolute atomic E-state index is 14.5. The zero-order valence-corrected chi connectivity index (χ0v) is 19.9. The Kier molecular flexibility index (Phi) is 6.23. The molecule has 9 heteroatoms. The number of halogens is 1. The maximum atomic E-state index is 14.5. The minimum absolute atomic E-state index is 0.0261. The predicted octanol–water partition coefficient (Wildman–Crippen LogP) is 3.70. The summed E-state index contributed by atoms with van der Waals surface area (Å²) < 4.78 is 16.2. The molecule has 0 bridgehead atoms. The number of piperidine rings is 1. The first-order valence-corrected chi connectivity index (χ1v) is 12.0. The van der Waals surface area contributed by atoms with E-state index in [-0.39, 0.29) is 23.6 Å². The highest BCUT2D eigenvalue weighted by Crippen LogP contribution is 2.26. The minimum Gasteiger partial charge on any atom is -0.381 e. The Hall–Kier alpha value is -3.75. The number of aromatic nitrogens is 3. The molecule has 1 aromatic carbocycles. The third-order valence-corrected chi connectivity index (χ3v) is 6.65. The average Bonchev–Trinajstić information content (AvgIpc) is 3.51. The quantitative estimate of drug-likeness (QED) is 0.566. The summed E-state index contributed by atoms with van der Waals surface area (Å²) in [5.41, 5.74) is 4.03. The molecule has 0 unspecified atom stereocenters. The first kappa shape index (κ1) is 23.0. The van der Waals surface area contributed by atoms with E-state index in [4.69, 9.17) is 0 Å². The van der Waals surface area contributed by atoms with Crippen molar-refractivity contribution >= 4 is 17.5 Å². The van der Waals surface area contributed by atoms with Crippen LogP contribution in [0.4, 0.5) is 10.1 Å². The molecule has 1 saturated carbocycles. The normalized spacial score (nSPS) is 16.3. The fraction of sp³-hybridized carbons (Fsp3) is 0.385. The van der Waals surface area contributed by atoms with Crippen LogP contribution in [0.1, 0.15) is 48.5 Å². The minimum atomic E-state index is -0.533. The van der Waals surface area contributed by atoms with Crippen molar-refractivity contribution in [3.8, 4) is 16.8 Å². The number of nitrogens with zero attached hydrogens (tertiary/aromatic N) is 4. The topological polar surface area (TPSA) is 92.2 Å². The van der Waals surface area contributed by atoms with Crippen molar-refractivity contribution in [2.24, 2.45) is 0 Å². The molecule has 2 amide bonds. The highest BCUT2D eigenvalue weighted by atomic mass is 19.1. The molecular weight excluding hydrogens is 447 g/mol. The Bertz CT molecular complexity index is 1260. The van der Waals surface area contributed by atoms with E-state index in [0.29, 0.717) is 11.3 Å². The molecule has 2 aliphatic rings. The zero-order valence-electron chi connectivity index (χ0n) is 19.9. The van der Waals surface area contributed by atoms with Crippen LogP contribution in [0.25, 0.3) is 16.8 Å². The largest absolute Gasteiger partial charge is 0.381 e. The lowest BCUT2D eigenvalue weighted by atomic mass is 10.0. The molecule has 1 aliphatic carbocycles. The average molecular weight is 477 g/mol. The summed E-state index contributed by atoms with van der Waals surface area (Å²) in [7, 11) is 0. The molecule has 1 saturated heterocycles. The monoisotopic (exact) mass is 476 g/mol. The van der Waals surface area contributed by atoms with E-state index < -0.39 is 11.7 Å². The van der Waals surface area contributed by atoms with Crippen LogP contribution in [0.2, 0.25) is 0 Å². The van der Waals surface area contributed by atoms with Crippen molar-refractivity contribution in [2.75, 3.05) is 18.4 Å². The molecule has 2 aromatic heterocycles. The second kappa shape index (κ2) is 9.48. The van der Waals surface area contributed by atoms with Gasteiger partial charge in [-0.05, 0) is 56.4 Å². The van der Waals surface area contributed by atoms with Crippen molar-refractivity contribution in [2.45, 2.75) is 51.6 Å². The fourth-order valence-electron chi connectivity index (χ4n) is 4.43.